The Labute approximate surface area is 135 Å². The van der Waals surface area contributed by atoms with E-state index in [9.17, 15) is 5.11 Å². The second-order valence-corrected chi connectivity index (χ2v) is 6.33. The van der Waals surface area contributed by atoms with Crippen molar-refractivity contribution in [1.82, 2.24) is 5.32 Å². The van der Waals surface area contributed by atoms with Crippen molar-refractivity contribution in [3.8, 4) is 0 Å². The van der Waals surface area contributed by atoms with E-state index in [4.69, 9.17) is 4.74 Å². The van der Waals surface area contributed by atoms with Crippen molar-refractivity contribution >= 4 is 21.6 Å². The number of nitrogens with zero attached hydrogens (tertiary/aromatic N) is 1. The van der Waals surface area contributed by atoms with E-state index >= 15 is 0 Å². The van der Waals surface area contributed by atoms with Crippen molar-refractivity contribution in [2.75, 3.05) is 38.3 Å². The normalized spacial score (nSPS) is 19.0. The summed E-state index contributed by atoms with van der Waals surface area (Å²) >= 11 is 3.66. The van der Waals surface area contributed by atoms with Crippen molar-refractivity contribution in [1.29, 1.82) is 0 Å². The Morgan fingerprint density at radius 3 is 3.00 bits per heavy atom. The van der Waals surface area contributed by atoms with Crippen molar-refractivity contribution in [2.45, 2.75) is 31.8 Å². The zero-order valence-corrected chi connectivity index (χ0v) is 14.2. The highest BCUT2D eigenvalue weighted by Crippen LogP contribution is 2.29. The molecule has 1 aromatic carbocycles. The lowest BCUT2D eigenvalue weighted by Gasteiger charge is -2.36. The topological polar surface area (TPSA) is 44.7 Å². The molecule has 21 heavy (non-hydrogen) atoms. The first kappa shape index (κ1) is 16.7. The number of ether oxygens (including phenoxy) is 1. The average Bonchev–Trinajstić information content (AvgIpc) is 2.52. The zero-order valence-electron chi connectivity index (χ0n) is 12.6. The molecule has 1 fully saturated rings. The van der Waals surface area contributed by atoms with E-state index in [1.807, 2.05) is 0 Å². The number of aliphatic hydroxyl groups is 1. The van der Waals surface area contributed by atoms with Crippen LogP contribution >= 0.6 is 15.9 Å². The summed E-state index contributed by atoms with van der Waals surface area (Å²) in [6.45, 7) is 3.67. The Kier molecular flexibility index (Phi) is 6.96. The lowest BCUT2D eigenvalue weighted by molar-refractivity contribution is 0.199. The SMILES string of the molecule is COCCNCc1ccc(N2CCCCC2CO)cc1Br. The fourth-order valence-corrected chi connectivity index (χ4v) is 3.29. The van der Waals surface area contributed by atoms with Gasteiger partial charge in [-0.05, 0) is 37.0 Å². The van der Waals surface area contributed by atoms with E-state index in [0.717, 1.165) is 37.1 Å². The molecule has 1 aromatic rings. The molecule has 2 rings (SSSR count). The molecule has 1 unspecified atom stereocenters. The van der Waals surface area contributed by atoms with Crippen LogP contribution in [-0.4, -0.2) is 44.6 Å². The molecule has 5 heteroatoms. The van der Waals surface area contributed by atoms with Crippen molar-refractivity contribution in [2.24, 2.45) is 0 Å². The molecule has 1 heterocycles. The van der Waals surface area contributed by atoms with E-state index in [-0.39, 0.29) is 12.6 Å². The van der Waals surface area contributed by atoms with Gasteiger partial charge in [-0.15, -0.1) is 0 Å². The molecule has 1 aliphatic rings. The highest BCUT2D eigenvalue weighted by molar-refractivity contribution is 9.10. The maximum atomic E-state index is 9.54. The molecule has 1 saturated heterocycles. The van der Waals surface area contributed by atoms with E-state index < -0.39 is 0 Å². The Morgan fingerprint density at radius 2 is 2.29 bits per heavy atom. The second kappa shape index (κ2) is 8.73. The van der Waals surface area contributed by atoms with E-state index in [0.29, 0.717) is 0 Å². The van der Waals surface area contributed by atoms with E-state index in [1.54, 1.807) is 7.11 Å². The third kappa shape index (κ3) is 4.68. The summed E-state index contributed by atoms with van der Waals surface area (Å²) in [4.78, 5) is 2.33. The third-order valence-electron chi connectivity index (χ3n) is 4.00. The van der Waals surface area contributed by atoms with Crippen LogP contribution in [0.5, 0.6) is 0 Å². The van der Waals surface area contributed by atoms with Crippen LogP contribution in [0.2, 0.25) is 0 Å². The summed E-state index contributed by atoms with van der Waals surface area (Å²) in [5.74, 6) is 0. The number of anilines is 1. The molecular weight excluding hydrogens is 332 g/mol. The van der Waals surface area contributed by atoms with Gasteiger partial charge in [0.05, 0.1) is 19.3 Å². The Bertz CT molecular complexity index is 442. The molecule has 1 atom stereocenters. The minimum atomic E-state index is 0.234. The van der Waals surface area contributed by atoms with Gasteiger partial charge in [0.15, 0.2) is 0 Å². The Balaban J connectivity index is 2.00. The molecule has 4 nitrogen and oxygen atoms in total. The van der Waals surface area contributed by atoms with Crippen molar-refractivity contribution in [3.63, 3.8) is 0 Å². The fourth-order valence-electron chi connectivity index (χ4n) is 2.79. The van der Waals surface area contributed by atoms with Gasteiger partial charge in [0.2, 0.25) is 0 Å². The number of nitrogens with one attached hydrogen (secondary N) is 1. The number of benzene rings is 1. The van der Waals surface area contributed by atoms with Crippen molar-refractivity contribution in [3.05, 3.63) is 28.2 Å². The summed E-state index contributed by atoms with van der Waals surface area (Å²) in [6, 6.07) is 6.74. The number of hydrogen-bond donors (Lipinski definition) is 2. The van der Waals surface area contributed by atoms with Gasteiger partial charge in [-0.1, -0.05) is 22.0 Å². The number of piperidine rings is 1. The molecule has 0 amide bonds. The quantitative estimate of drug-likeness (QED) is 0.737. The number of methoxy groups -OCH3 is 1. The van der Waals surface area contributed by atoms with Crippen LogP contribution in [0.3, 0.4) is 0 Å². The predicted molar refractivity (Wildman–Crippen MR) is 89.8 cm³/mol. The molecule has 118 valence electrons. The van der Waals surface area contributed by atoms with Gasteiger partial charge in [0.1, 0.15) is 0 Å². The summed E-state index contributed by atoms with van der Waals surface area (Å²) < 4.78 is 6.15. The highest BCUT2D eigenvalue weighted by atomic mass is 79.9. The molecule has 0 bridgehead atoms. The predicted octanol–water partition coefficient (Wildman–Crippen LogP) is 2.54. The number of halogens is 1. The average molecular weight is 357 g/mol. The maximum absolute atomic E-state index is 9.54. The van der Waals surface area contributed by atoms with Gasteiger partial charge in [-0.25, -0.2) is 0 Å². The van der Waals surface area contributed by atoms with Gasteiger partial charge in [0.25, 0.3) is 0 Å². The smallest absolute Gasteiger partial charge is 0.0635 e. The van der Waals surface area contributed by atoms with Crippen molar-refractivity contribution < 1.29 is 9.84 Å². The first-order valence-electron chi connectivity index (χ1n) is 7.62. The van der Waals surface area contributed by atoms with Crippen LogP contribution in [-0.2, 0) is 11.3 Å². The number of rotatable bonds is 7. The standard InChI is InChI=1S/C16H25BrN2O2/c1-21-9-7-18-11-13-5-6-14(10-16(13)17)19-8-3-2-4-15(19)12-20/h5-6,10,15,18,20H,2-4,7-9,11-12H2,1H3. The van der Waals surface area contributed by atoms with Gasteiger partial charge in [0, 0.05) is 36.9 Å². The van der Waals surface area contributed by atoms with Crippen LogP contribution in [0.25, 0.3) is 0 Å². The molecule has 0 spiro atoms. The lowest BCUT2D eigenvalue weighted by atomic mass is 10.0. The number of hydrogen-bond acceptors (Lipinski definition) is 4. The second-order valence-electron chi connectivity index (χ2n) is 5.47. The molecule has 2 N–H and O–H groups in total. The van der Waals surface area contributed by atoms with E-state index in [2.05, 4.69) is 44.3 Å². The largest absolute Gasteiger partial charge is 0.394 e. The Hall–Kier alpha value is -0.620. The maximum Gasteiger partial charge on any atom is 0.0635 e. The first-order chi connectivity index (χ1) is 10.3. The molecule has 1 aliphatic heterocycles. The molecular formula is C16H25BrN2O2. The van der Waals surface area contributed by atoms with Crippen LogP contribution in [0.15, 0.2) is 22.7 Å². The zero-order chi connectivity index (χ0) is 15.1. The van der Waals surface area contributed by atoms with E-state index in [1.165, 1.54) is 24.1 Å². The minimum Gasteiger partial charge on any atom is -0.394 e. The molecule has 0 saturated carbocycles. The minimum absolute atomic E-state index is 0.234. The summed E-state index contributed by atoms with van der Waals surface area (Å²) in [6.07, 6.45) is 3.49. The van der Waals surface area contributed by atoms with Gasteiger partial charge in [-0.3, -0.25) is 0 Å². The van der Waals surface area contributed by atoms with Crippen LogP contribution in [0.1, 0.15) is 24.8 Å². The van der Waals surface area contributed by atoms with Gasteiger partial charge in [-0.2, -0.15) is 0 Å². The monoisotopic (exact) mass is 356 g/mol. The number of aliphatic hydroxyl groups excluding tert-OH is 1. The van der Waals surface area contributed by atoms with Gasteiger partial charge >= 0.3 is 0 Å². The highest BCUT2D eigenvalue weighted by Gasteiger charge is 2.22. The Morgan fingerprint density at radius 1 is 1.43 bits per heavy atom. The first-order valence-corrected chi connectivity index (χ1v) is 8.41. The van der Waals surface area contributed by atoms with Crippen LogP contribution < -0.4 is 10.2 Å². The summed E-state index contributed by atoms with van der Waals surface area (Å²) in [7, 11) is 1.71. The molecule has 0 aromatic heterocycles. The molecule has 0 radical (unpaired) electrons. The lowest BCUT2D eigenvalue weighted by Crippen LogP contribution is -2.41. The fraction of sp³-hybridized carbons (Fsp3) is 0.625. The summed E-state index contributed by atoms with van der Waals surface area (Å²) in [5, 5.41) is 12.9. The molecule has 0 aliphatic carbocycles. The van der Waals surface area contributed by atoms with Crippen LogP contribution in [0.4, 0.5) is 5.69 Å². The van der Waals surface area contributed by atoms with Crippen LogP contribution in [0, 0.1) is 0 Å². The summed E-state index contributed by atoms with van der Waals surface area (Å²) in [5.41, 5.74) is 2.44. The third-order valence-corrected chi connectivity index (χ3v) is 4.74. The van der Waals surface area contributed by atoms with Gasteiger partial charge < -0.3 is 20.1 Å².